The molecule has 4 aromatic rings. The first kappa shape index (κ1) is 12.6. The van der Waals surface area contributed by atoms with Crippen molar-refractivity contribution in [2.24, 2.45) is 0 Å². The third-order valence-electron chi connectivity index (χ3n) is 2.74. The Balaban J connectivity index is 1.57. The highest BCUT2D eigenvalue weighted by molar-refractivity contribution is 8.77. The number of thiophene rings is 2. The van der Waals surface area contributed by atoms with Crippen molar-refractivity contribution < 1.29 is 0 Å². The molecule has 0 saturated carbocycles. The maximum atomic E-state index is 4.37. The zero-order valence-corrected chi connectivity index (χ0v) is 13.4. The maximum absolute atomic E-state index is 4.37. The second-order valence-electron chi connectivity index (χ2n) is 4.07. The lowest BCUT2D eigenvalue weighted by molar-refractivity contribution is 1.42. The normalized spacial score (nSPS) is 11.4. The molecule has 0 atom stereocenters. The zero-order valence-electron chi connectivity index (χ0n) is 10.1. The van der Waals surface area contributed by atoms with Gasteiger partial charge in [-0.05, 0) is 58.0 Å². The van der Waals surface area contributed by atoms with Gasteiger partial charge in [0.2, 0.25) is 0 Å². The van der Waals surface area contributed by atoms with Gasteiger partial charge in [0, 0.05) is 12.4 Å². The highest BCUT2D eigenvalue weighted by Gasteiger charge is 2.07. The summed E-state index contributed by atoms with van der Waals surface area (Å²) in [5, 5.41) is 0. The van der Waals surface area contributed by atoms with E-state index in [1.54, 1.807) is 44.3 Å². The minimum atomic E-state index is 1.08. The summed E-state index contributed by atoms with van der Waals surface area (Å²) in [7, 11) is 3.58. The smallest absolute Gasteiger partial charge is 0.0821 e. The Hall–Kier alpha value is -1.08. The van der Waals surface area contributed by atoms with Gasteiger partial charge in [0.25, 0.3) is 0 Å². The summed E-state index contributed by atoms with van der Waals surface area (Å²) < 4.78 is 5.06. The molecule has 20 heavy (non-hydrogen) atoms. The Morgan fingerprint density at radius 1 is 0.750 bits per heavy atom. The van der Waals surface area contributed by atoms with Gasteiger partial charge < -0.3 is 0 Å². The highest BCUT2D eigenvalue weighted by Crippen LogP contribution is 2.45. The van der Waals surface area contributed by atoms with Crippen LogP contribution in [0.5, 0.6) is 0 Å². The van der Waals surface area contributed by atoms with Crippen molar-refractivity contribution >= 4 is 64.7 Å². The summed E-state index contributed by atoms with van der Waals surface area (Å²) >= 11 is 3.58. The fourth-order valence-electron chi connectivity index (χ4n) is 1.86. The summed E-state index contributed by atoms with van der Waals surface area (Å²) in [6.07, 6.45) is 3.68. The summed E-state index contributed by atoms with van der Waals surface area (Å²) in [4.78, 5) is 8.74. The Morgan fingerprint density at radius 3 is 1.70 bits per heavy atom. The number of hydrogen-bond acceptors (Lipinski definition) is 6. The van der Waals surface area contributed by atoms with Crippen LogP contribution in [0, 0.1) is 0 Å². The molecule has 0 unspecified atom stereocenters. The van der Waals surface area contributed by atoms with Crippen LogP contribution in [0.2, 0.25) is 0 Å². The maximum Gasteiger partial charge on any atom is 0.0821 e. The summed E-state index contributed by atoms with van der Waals surface area (Å²) in [6, 6.07) is 12.5. The molecule has 2 nitrogen and oxygen atoms in total. The fraction of sp³-hybridized carbons (Fsp3) is 0. The molecule has 0 saturated heterocycles. The SMILES string of the molecule is c1cnc2cc(SSc3cc4ncccc4s3)sc2c1. The molecule has 0 bridgehead atoms. The van der Waals surface area contributed by atoms with Gasteiger partial charge in [0.15, 0.2) is 0 Å². The van der Waals surface area contributed by atoms with Crippen molar-refractivity contribution in [2.45, 2.75) is 8.42 Å². The Bertz CT molecular complexity index is 741. The van der Waals surface area contributed by atoms with E-state index in [-0.39, 0.29) is 0 Å². The Morgan fingerprint density at radius 2 is 1.25 bits per heavy atom. The first-order chi connectivity index (χ1) is 9.88. The minimum absolute atomic E-state index is 1.08. The van der Waals surface area contributed by atoms with Gasteiger partial charge >= 0.3 is 0 Å². The lowest BCUT2D eigenvalue weighted by atomic mass is 10.4. The molecule has 0 aliphatic heterocycles. The standard InChI is InChI=1S/C14H8N2S4/c1-3-11-9(15-5-1)7-13(17-11)19-20-14-8-10-12(18-14)4-2-6-16-10/h1-8H. The van der Waals surface area contributed by atoms with Crippen LogP contribution in [0.4, 0.5) is 0 Å². The topological polar surface area (TPSA) is 25.8 Å². The van der Waals surface area contributed by atoms with Gasteiger partial charge in [0.1, 0.15) is 0 Å². The molecule has 0 amide bonds. The molecule has 0 fully saturated rings. The lowest BCUT2D eigenvalue weighted by Gasteiger charge is -1.92. The van der Waals surface area contributed by atoms with Gasteiger partial charge in [-0.25, -0.2) is 0 Å². The highest BCUT2D eigenvalue weighted by atomic mass is 33.1. The number of nitrogens with zero attached hydrogens (tertiary/aromatic N) is 2. The second-order valence-corrected chi connectivity index (χ2v) is 8.97. The van der Waals surface area contributed by atoms with Crippen LogP contribution in [0.15, 0.2) is 57.2 Å². The van der Waals surface area contributed by atoms with Crippen LogP contribution < -0.4 is 0 Å². The van der Waals surface area contributed by atoms with E-state index in [9.17, 15) is 0 Å². The number of rotatable bonds is 3. The van der Waals surface area contributed by atoms with E-state index in [0.717, 1.165) is 11.0 Å². The average molecular weight is 333 g/mol. The largest absolute Gasteiger partial charge is 0.255 e. The molecule has 0 aliphatic rings. The molecule has 4 rings (SSSR count). The van der Waals surface area contributed by atoms with Crippen LogP contribution in [0.3, 0.4) is 0 Å². The van der Waals surface area contributed by atoms with E-state index in [1.165, 1.54) is 17.8 Å². The predicted octanol–water partition coefficient (Wildman–Crippen LogP) is 5.71. The van der Waals surface area contributed by atoms with Gasteiger partial charge in [-0.15, -0.1) is 22.7 Å². The number of fused-ring (bicyclic) bond motifs is 2. The molecule has 98 valence electrons. The number of pyridine rings is 2. The van der Waals surface area contributed by atoms with Gasteiger partial charge in [-0.2, -0.15) is 0 Å². The van der Waals surface area contributed by atoms with Crippen molar-refractivity contribution in [3.63, 3.8) is 0 Å². The second kappa shape index (κ2) is 5.37. The number of aromatic nitrogens is 2. The van der Waals surface area contributed by atoms with Gasteiger partial charge in [-0.1, -0.05) is 0 Å². The van der Waals surface area contributed by atoms with Crippen LogP contribution in [0.25, 0.3) is 20.4 Å². The van der Waals surface area contributed by atoms with Crippen molar-refractivity contribution in [2.75, 3.05) is 0 Å². The van der Waals surface area contributed by atoms with Crippen LogP contribution >= 0.6 is 44.3 Å². The third-order valence-corrected chi connectivity index (χ3v) is 8.11. The summed E-state index contributed by atoms with van der Waals surface area (Å²) in [6.45, 7) is 0. The molecule has 0 N–H and O–H groups in total. The Labute approximate surface area is 131 Å². The predicted molar refractivity (Wildman–Crippen MR) is 91.0 cm³/mol. The van der Waals surface area contributed by atoms with Gasteiger partial charge in [-0.3, -0.25) is 9.97 Å². The fourth-order valence-corrected chi connectivity index (χ4v) is 6.66. The Kier molecular flexibility index (Phi) is 3.39. The summed E-state index contributed by atoms with van der Waals surface area (Å²) in [5.74, 6) is 0. The van der Waals surface area contributed by atoms with Crippen molar-refractivity contribution in [3.8, 4) is 0 Å². The molecular weight excluding hydrogens is 324 g/mol. The zero-order chi connectivity index (χ0) is 13.4. The molecule has 4 aromatic heterocycles. The first-order valence-electron chi connectivity index (χ1n) is 5.92. The van der Waals surface area contributed by atoms with E-state index in [1.807, 2.05) is 24.5 Å². The molecular formula is C14H8N2S4. The van der Waals surface area contributed by atoms with Crippen LogP contribution in [-0.4, -0.2) is 9.97 Å². The quantitative estimate of drug-likeness (QED) is 0.449. The molecule has 0 aromatic carbocycles. The van der Waals surface area contributed by atoms with Crippen molar-refractivity contribution in [1.82, 2.24) is 9.97 Å². The van der Waals surface area contributed by atoms with Crippen molar-refractivity contribution in [3.05, 3.63) is 48.8 Å². The van der Waals surface area contributed by atoms with E-state index in [0.29, 0.717) is 0 Å². The minimum Gasteiger partial charge on any atom is -0.255 e. The molecule has 0 aliphatic carbocycles. The molecule has 0 radical (unpaired) electrons. The molecule has 4 heterocycles. The van der Waals surface area contributed by atoms with Crippen LogP contribution in [0.1, 0.15) is 0 Å². The van der Waals surface area contributed by atoms with E-state index in [2.05, 4.69) is 34.2 Å². The van der Waals surface area contributed by atoms with Crippen LogP contribution in [-0.2, 0) is 0 Å². The number of hydrogen-bond donors (Lipinski definition) is 0. The molecule has 6 heteroatoms. The monoisotopic (exact) mass is 332 g/mol. The van der Waals surface area contributed by atoms with E-state index >= 15 is 0 Å². The lowest BCUT2D eigenvalue weighted by Crippen LogP contribution is -1.66. The van der Waals surface area contributed by atoms with E-state index in [4.69, 9.17) is 0 Å². The van der Waals surface area contributed by atoms with E-state index < -0.39 is 0 Å². The van der Waals surface area contributed by atoms with Gasteiger partial charge in [0.05, 0.1) is 28.9 Å². The third kappa shape index (κ3) is 2.44. The molecule has 0 spiro atoms. The first-order valence-corrected chi connectivity index (χ1v) is 9.70. The van der Waals surface area contributed by atoms with Crippen molar-refractivity contribution in [1.29, 1.82) is 0 Å². The average Bonchev–Trinajstić information content (AvgIpc) is 3.07. The summed E-state index contributed by atoms with van der Waals surface area (Å²) in [5.41, 5.74) is 2.16.